The molecule has 7 nitrogen and oxygen atoms in total. The highest BCUT2D eigenvalue weighted by molar-refractivity contribution is 5.45. The zero-order valence-electron chi connectivity index (χ0n) is 10.8. The number of rotatable bonds is 4. The van der Waals surface area contributed by atoms with Gasteiger partial charge in [-0.05, 0) is 20.3 Å². The van der Waals surface area contributed by atoms with Crippen molar-refractivity contribution in [3.05, 3.63) is 17.7 Å². The van der Waals surface area contributed by atoms with Crippen molar-refractivity contribution in [1.82, 2.24) is 24.7 Å². The zero-order valence-corrected chi connectivity index (χ0v) is 10.8. The molecule has 0 fully saturated rings. The van der Waals surface area contributed by atoms with Gasteiger partial charge in [-0.1, -0.05) is 6.92 Å². The van der Waals surface area contributed by atoms with Crippen molar-refractivity contribution in [1.29, 1.82) is 0 Å². The predicted molar refractivity (Wildman–Crippen MR) is 69.6 cm³/mol. The number of nitrogens with zero attached hydrogens (tertiary/aromatic N) is 5. The van der Waals surface area contributed by atoms with Crippen molar-refractivity contribution in [2.45, 2.75) is 27.2 Å². The lowest BCUT2D eigenvalue weighted by Crippen LogP contribution is -2.09. The summed E-state index contributed by atoms with van der Waals surface area (Å²) in [5.74, 6) is 3.02. The van der Waals surface area contributed by atoms with Crippen molar-refractivity contribution >= 4 is 11.8 Å². The first-order chi connectivity index (χ1) is 8.60. The minimum Gasteiger partial charge on any atom is -0.370 e. The van der Waals surface area contributed by atoms with E-state index >= 15 is 0 Å². The Bertz CT molecular complexity index is 546. The highest BCUT2D eigenvalue weighted by Gasteiger charge is 2.09. The Morgan fingerprint density at radius 2 is 2.06 bits per heavy atom. The van der Waals surface area contributed by atoms with Crippen LogP contribution in [0.1, 0.15) is 25.0 Å². The van der Waals surface area contributed by atoms with Crippen LogP contribution in [-0.2, 0) is 0 Å². The van der Waals surface area contributed by atoms with Gasteiger partial charge < -0.3 is 11.1 Å². The lowest BCUT2D eigenvalue weighted by Gasteiger charge is -2.07. The molecule has 0 radical (unpaired) electrons. The maximum atomic E-state index is 5.70. The molecule has 0 bridgehead atoms. The van der Waals surface area contributed by atoms with Gasteiger partial charge in [0, 0.05) is 12.6 Å². The Hall–Kier alpha value is -2.18. The fourth-order valence-electron chi connectivity index (χ4n) is 1.64. The Balaban J connectivity index is 2.38. The van der Waals surface area contributed by atoms with Gasteiger partial charge in [0.05, 0.1) is 0 Å². The molecule has 0 atom stereocenters. The van der Waals surface area contributed by atoms with E-state index in [1.54, 1.807) is 4.68 Å². The molecular formula is C11H17N7. The predicted octanol–water partition coefficient (Wildman–Crippen LogP) is 1.08. The molecule has 0 aliphatic heterocycles. The zero-order chi connectivity index (χ0) is 13.1. The first-order valence-corrected chi connectivity index (χ1v) is 5.89. The van der Waals surface area contributed by atoms with Crippen molar-refractivity contribution in [2.24, 2.45) is 0 Å². The van der Waals surface area contributed by atoms with Gasteiger partial charge in [0.15, 0.2) is 5.82 Å². The van der Waals surface area contributed by atoms with Crippen LogP contribution in [0.2, 0.25) is 0 Å². The molecule has 18 heavy (non-hydrogen) atoms. The molecular weight excluding hydrogens is 230 g/mol. The summed E-state index contributed by atoms with van der Waals surface area (Å²) in [6.07, 6.45) is 1.01. The summed E-state index contributed by atoms with van der Waals surface area (Å²) in [6.45, 7) is 6.64. The van der Waals surface area contributed by atoms with Gasteiger partial charge >= 0.3 is 0 Å². The third kappa shape index (κ3) is 2.55. The van der Waals surface area contributed by atoms with E-state index < -0.39 is 0 Å². The average molecular weight is 247 g/mol. The topological polar surface area (TPSA) is 94.5 Å². The molecule has 0 amide bonds. The van der Waals surface area contributed by atoms with Crippen molar-refractivity contribution in [3.8, 4) is 5.82 Å². The maximum Gasteiger partial charge on any atom is 0.224 e. The van der Waals surface area contributed by atoms with Crippen LogP contribution in [0, 0.1) is 13.8 Å². The molecule has 2 heterocycles. The minimum atomic E-state index is 0.221. The molecule has 0 aromatic carbocycles. The van der Waals surface area contributed by atoms with E-state index in [2.05, 4.69) is 32.3 Å². The lowest BCUT2D eigenvalue weighted by atomic mass is 10.4. The Labute approximate surface area is 105 Å². The van der Waals surface area contributed by atoms with Gasteiger partial charge in [0.2, 0.25) is 5.95 Å². The van der Waals surface area contributed by atoms with E-state index in [0.29, 0.717) is 17.5 Å². The van der Waals surface area contributed by atoms with Crippen LogP contribution in [0.4, 0.5) is 11.8 Å². The number of hydrogen-bond acceptors (Lipinski definition) is 6. The van der Waals surface area contributed by atoms with Crippen LogP contribution in [0.3, 0.4) is 0 Å². The Morgan fingerprint density at radius 3 is 2.67 bits per heavy atom. The van der Waals surface area contributed by atoms with Gasteiger partial charge in [0.1, 0.15) is 17.5 Å². The molecule has 96 valence electrons. The summed E-state index contributed by atoms with van der Waals surface area (Å²) in [6, 6.07) is 1.81. The molecule has 7 heteroatoms. The highest BCUT2D eigenvalue weighted by atomic mass is 15.4. The summed E-state index contributed by atoms with van der Waals surface area (Å²) >= 11 is 0. The molecule has 0 saturated heterocycles. The average Bonchev–Trinajstić information content (AvgIpc) is 2.65. The van der Waals surface area contributed by atoms with Crippen LogP contribution in [0.5, 0.6) is 0 Å². The van der Waals surface area contributed by atoms with E-state index in [1.807, 2.05) is 19.9 Å². The van der Waals surface area contributed by atoms with Crippen molar-refractivity contribution < 1.29 is 0 Å². The summed E-state index contributed by atoms with van der Waals surface area (Å²) in [5, 5.41) is 7.45. The van der Waals surface area contributed by atoms with Gasteiger partial charge in [-0.25, -0.2) is 4.98 Å². The number of nitrogens with one attached hydrogen (secondary N) is 1. The first-order valence-electron chi connectivity index (χ1n) is 5.89. The molecule has 0 spiro atoms. The van der Waals surface area contributed by atoms with Gasteiger partial charge in [-0.15, -0.1) is 5.10 Å². The van der Waals surface area contributed by atoms with Crippen LogP contribution < -0.4 is 11.1 Å². The molecule has 0 aliphatic carbocycles. The lowest BCUT2D eigenvalue weighted by molar-refractivity contribution is 0.800. The summed E-state index contributed by atoms with van der Waals surface area (Å²) in [7, 11) is 0. The third-order valence-corrected chi connectivity index (χ3v) is 2.38. The first kappa shape index (κ1) is 12.3. The number of anilines is 2. The van der Waals surface area contributed by atoms with Gasteiger partial charge in [-0.2, -0.15) is 14.6 Å². The molecule has 0 unspecified atom stereocenters. The van der Waals surface area contributed by atoms with E-state index in [1.165, 1.54) is 0 Å². The van der Waals surface area contributed by atoms with Gasteiger partial charge in [0.25, 0.3) is 0 Å². The van der Waals surface area contributed by atoms with Gasteiger partial charge in [-0.3, -0.25) is 0 Å². The summed E-state index contributed by atoms with van der Waals surface area (Å²) in [5.41, 5.74) is 5.70. The van der Waals surface area contributed by atoms with Crippen LogP contribution >= 0.6 is 0 Å². The summed E-state index contributed by atoms with van der Waals surface area (Å²) < 4.78 is 1.66. The second kappa shape index (κ2) is 4.99. The number of aromatic nitrogens is 5. The minimum absolute atomic E-state index is 0.221. The largest absolute Gasteiger partial charge is 0.370 e. The summed E-state index contributed by atoms with van der Waals surface area (Å²) in [4.78, 5) is 12.5. The van der Waals surface area contributed by atoms with Crippen molar-refractivity contribution in [3.63, 3.8) is 0 Å². The fourth-order valence-corrected chi connectivity index (χ4v) is 1.64. The Kier molecular flexibility index (Phi) is 3.40. The Morgan fingerprint density at radius 1 is 1.28 bits per heavy atom. The molecule has 2 aromatic rings. The second-order valence-electron chi connectivity index (χ2n) is 4.01. The fraction of sp³-hybridized carbons (Fsp3) is 0.455. The number of aryl methyl sites for hydroxylation is 2. The normalized spacial score (nSPS) is 10.6. The molecule has 2 rings (SSSR count). The third-order valence-electron chi connectivity index (χ3n) is 2.38. The number of hydrogen-bond donors (Lipinski definition) is 2. The van der Waals surface area contributed by atoms with E-state index in [4.69, 9.17) is 5.73 Å². The van der Waals surface area contributed by atoms with Crippen LogP contribution in [-0.4, -0.2) is 31.3 Å². The van der Waals surface area contributed by atoms with Crippen LogP contribution in [0.15, 0.2) is 6.07 Å². The second-order valence-corrected chi connectivity index (χ2v) is 4.01. The quantitative estimate of drug-likeness (QED) is 0.839. The molecule has 0 saturated carbocycles. The van der Waals surface area contributed by atoms with E-state index in [0.717, 1.165) is 18.8 Å². The standard InChI is InChI=1S/C11H17N7/c1-4-5-13-9-6-10(16-11(12)15-9)18-8(3)14-7(2)17-18/h6H,4-5H2,1-3H3,(H3,12,13,15,16). The van der Waals surface area contributed by atoms with E-state index in [-0.39, 0.29) is 5.95 Å². The van der Waals surface area contributed by atoms with E-state index in [9.17, 15) is 0 Å². The number of nitrogens with two attached hydrogens (primary N) is 1. The van der Waals surface area contributed by atoms with Crippen molar-refractivity contribution in [2.75, 3.05) is 17.6 Å². The SMILES string of the molecule is CCCNc1cc(-n2nc(C)nc2C)nc(N)n1. The maximum absolute atomic E-state index is 5.70. The van der Waals surface area contributed by atoms with Crippen LogP contribution in [0.25, 0.3) is 5.82 Å². The number of nitrogen functional groups attached to an aromatic ring is 1. The smallest absolute Gasteiger partial charge is 0.224 e. The molecule has 2 aromatic heterocycles. The molecule has 0 aliphatic rings. The highest BCUT2D eigenvalue weighted by Crippen LogP contribution is 2.13. The monoisotopic (exact) mass is 247 g/mol. The molecule has 3 N–H and O–H groups in total.